The maximum Gasteiger partial charge on any atom is 0.302 e. The Balaban J connectivity index is 0.00000106. The maximum atomic E-state index is 10.6. The van der Waals surface area contributed by atoms with Gasteiger partial charge in [0, 0.05) is 19.7 Å². The Kier molecular flexibility index (Phi) is 6.18. The summed E-state index contributed by atoms with van der Waals surface area (Å²) in [6, 6.07) is 3.87. The van der Waals surface area contributed by atoms with Crippen LogP contribution in [0.1, 0.15) is 23.6 Å². The van der Waals surface area contributed by atoms with Gasteiger partial charge in [-0.1, -0.05) is 12.1 Å². The first-order valence-corrected chi connectivity index (χ1v) is 4.94. The predicted octanol–water partition coefficient (Wildman–Crippen LogP) is 1.56. The molecule has 3 N–H and O–H groups in total. The van der Waals surface area contributed by atoms with Crippen LogP contribution in [0.25, 0.3) is 0 Å². The van der Waals surface area contributed by atoms with E-state index in [1.807, 2.05) is 26.0 Å². The summed E-state index contributed by atoms with van der Waals surface area (Å²) < 4.78 is 4.90. The summed E-state index contributed by atoms with van der Waals surface area (Å²) in [6.45, 7) is 5.60. The topological polar surface area (TPSA) is 72.5 Å². The molecule has 90 valence electrons. The molecular formula is C12H19NO3. The van der Waals surface area contributed by atoms with Crippen LogP contribution in [0.4, 0.5) is 5.69 Å². The molecule has 0 atom stereocenters. The molecule has 0 aliphatic heterocycles. The van der Waals surface area contributed by atoms with Crippen LogP contribution in [-0.4, -0.2) is 18.2 Å². The molecule has 0 unspecified atom stereocenters. The summed E-state index contributed by atoms with van der Waals surface area (Å²) in [4.78, 5) is 10.6. The highest BCUT2D eigenvalue weighted by molar-refractivity contribution is 5.66. The Bertz CT molecular complexity index is 338. The molecule has 1 aromatic rings. The minimum absolute atomic E-state index is 0.267. The number of carbonyl (C=O) groups is 1. The van der Waals surface area contributed by atoms with Gasteiger partial charge in [-0.2, -0.15) is 0 Å². The minimum Gasteiger partial charge on any atom is -0.461 e. The number of aryl methyl sites for hydroxylation is 2. The third kappa shape index (κ3) is 4.31. The van der Waals surface area contributed by atoms with E-state index in [1.165, 1.54) is 6.92 Å². The summed E-state index contributed by atoms with van der Waals surface area (Å²) in [7, 11) is 1.00. The van der Waals surface area contributed by atoms with E-state index in [0.29, 0.717) is 6.61 Å². The lowest BCUT2D eigenvalue weighted by Crippen LogP contribution is -2.01. The van der Waals surface area contributed by atoms with Gasteiger partial charge in [-0.15, -0.1) is 0 Å². The van der Waals surface area contributed by atoms with E-state index >= 15 is 0 Å². The second-order valence-corrected chi connectivity index (χ2v) is 3.42. The molecule has 0 radical (unpaired) electrons. The average molecular weight is 225 g/mol. The molecule has 0 aliphatic carbocycles. The fourth-order valence-electron chi connectivity index (χ4n) is 1.33. The number of anilines is 1. The van der Waals surface area contributed by atoms with Gasteiger partial charge >= 0.3 is 5.97 Å². The van der Waals surface area contributed by atoms with Gasteiger partial charge in [0.2, 0.25) is 0 Å². The van der Waals surface area contributed by atoms with Gasteiger partial charge in [0.15, 0.2) is 0 Å². The molecule has 4 heteroatoms. The quantitative estimate of drug-likeness (QED) is 0.591. The summed E-state index contributed by atoms with van der Waals surface area (Å²) in [6.07, 6.45) is 0. The normalized spacial score (nSPS) is 9.06. The van der Waals surface area contributed by atoms with Gasteiger partial charge in [0.05, 0.1) is 0 Å². The number of ether oxygens (including phenoxy) is 1. The molecular weight excluding hydrogens is 206 g/mol. The molecule has 0 saturated heterocycles. The van der Waals surface area contributed by atoms with Gasteiger partial charge in [0.1, 0.15) is 6.61 Å². The molecule has 0 amide bonds. The molecule has 1 rings (SSSR count). The Morgan fingerprint density at radius 3 is 2.12 bits per heavy atom. The highest BCUT2D eigenvalue weighted by Crippen LogP contribution is 2.18. The molecule has 0 saturated carbocycles. The lowest BCUT2D eigenvalue weighted by Gasteiger charge is -2.08. The summed E-state index contributed by atoms with van der Waals surface area (Å²) >= 11 is 0. The van der Waals surface area contributed by atoms with Crippen LogP contribution in [0.15, 0.2) is 12.1 Å². The maximum absolute atomic E-state index is 10.6. The highest BCUT2D eigenvalue weighted by atomic mass is 16.5. The first-order chi connectivity index (χ1) is 7.50. The van der Waals surface area contributed by atoms with Crippen molar-refractivity contribution in [2.45, 2.75) is 27.4 Å². The smallest absolute Gasteiger partial charge is 0.302 e. The SMILES string of the molecule is CC(=O)OCc1cc(C)c(N)c(C)c1.CO. The number of nitrogens with two attached hydrogens (primary N) is 1. The van der Waals surface area contributed by atoms with E-state index < -0.39 is 0 Å². The Labute approximate surface area is 96.0 Å². The van der Waals surface area contributed by atoms with Gasteiger partial charge in [-0.05, 0) is 30.5 Å². The van der Waals surface area contributed by atoms with Gasteiger partial charge < -0.3 is 15.6 Å². The van der Waals surface area contributed by atoms with Crippen molar-refractivity contribution in [3.63, 3.8) is 0 Å². The van der Waals surface area contributed by atoms with E-state index in [4.69, 9.17) is 15.6 Å². The second kappa shape index (κ2) is 6.85. The molecule has 0 bridgehead atoms. The monoisotopic (exact) mass is 225 g/mol. The van der Waals surface area contributed by atoms with E-state index in [0.717, 1.165) is 29.5 Å². The molecule has 0 fully saturated rings. The zero-order chi connectivity index (χ0) is 12.7. The van der Waals surface area contributed by atoms with Crippen LogP contribution in [0.5, 0.6) is 0 Å². The lowest BCUT2D eigenvalue weighted by atomic mass is 10.1. The van der Waals surface area contributed by atoms with Crippen molar-refractivity contribution in [3.8, 4) is 0 Å². The lowest BCUT2D eigenvalue weighted by molar-refractivity contribution is -0.142. The minimum atomic E-state index is -0.267. The first kappa shape index (κ1) is 14.5. The average Bonchev–Trinajstić information content (AvgIpc) is 2.25. The van der Waals surface area contributed by atoms with Crippen molar-refractivity contribution in [2.75, 3.05) is 12.8 Å². The number of benzene rings is 1. The van der Waals surface area contributed by atoms with Crippen LogP contribution in [0.3, 0.4) is 0 Å². The summed E-state index contributed by atoms with van der Waals surface area (Å²) in [5.41, 5.74) is 9.62. The van der Waals surface area contributed by atoms with E-state index in [1.54, 1.807) is 0 Å². The number of esters is 1. The summed E-state index contributed by atoms with van der Waals surface area (Å²) in [5, 5.41) is 7.00. The standard InChI is InChI=1S/C11H15NO2.CH4O/c1-7-4-10(6-14-9(3)13)5-8(2)11(7)12;1-2/h4-5H,6,12H2,1-3H3;2H,1H3. The fraction of sp³-hybridized carbons (Fsp3) is 0.417. The number of nitrogen functional groups attached to an aromatic ring is 1. The summed E-state index contributed by atoms with van der Waals surface area (Å²) in [5.74, 6) is -0.267. The Morgan fingerprint density at radius 1 is 1.31 bits per heavy atom. The third-order valence-electron chi connectivity index (χ3n) is 2.10. The second-order valence-electron chi connectivity index (χ2n) is 3.42. The van der Waals surface area contributed by atoms with Crippen molar-refractivity contribution in [2.24, 2.45) is 0 Å². The highest BCUT2D eigenvalue weighted by Gasteiger charge is 2.02. The van der Waals surface area contributed by atoms with Crippen molar-refractivity contribution in [3.05, 3.63) is 28.8 Å². The van der Waals surface area contributed by atoms with E-state index in [2.05, 4.69) is 0 Å². The zero-order valence-corrected chi connectivity index (χ0v) is 10.2. The molecule has 4 nitrogen and oxygen atoms in total. The zero-order valence-electron chi connectivity index (χ0n) is 10.2. The molecule has 16 heavy (non-hydrogen) atoms. The Morgan fingerprint density at radius 2 is 1.75 bits per heavy atom. The van der Waals surface area contributed by atoms with Crippen molar-refractivity contribution in [1.82, 2.24) is 0 Å². The van der Waals surface area contributed by atoms with Crippen molar-refractivity contribution in [1.29, 1.82) is 0 Å². The van der Waals surface area contributed by atoms with E-state index in [9.17, 15) is 4.79 Å². The van der Waals surface area contributed by atoms with Crippen LogP contribution < -0.4 is 5.73 Å². The number of carbonyl (C=O) groups excluding carboxylic acids is 1. The predicted molar refractivity (Wildman–Crippen MR) is 63.9 cm³/mol. The van der Waals surface area contributed by atoms with Crippen LogP contribution in [0.2, 0.25) is 0 Å². The van der Waals surface area contributed by atoms with Gasteiger partial charge in [-0.3, -0.25) is 4.79 Å². The molecule has 1 aromatic carbocycles. The van der Waals surface area contributed by atoms with Crippen LogP contribution in [0, 0.1) is 13.8 Å². The van der Waals surface area contributed by atoms with Gasteiger partial charge in [0.25, 0.3) is 0 Å². The number of aliphatic hydroxyl groups is 1. The molecule has 0 heterocycles. The number of hydrogen-bond donors (Lipinski definition) is 2. The third-order valence-corrected chi connectivity index (χ3v) is 2.10. The largest absolute Gasteiger partial charge is 0.461 e. The molecule has 0 aliphatic rings. The van der Waals surface area contributed by atoms with E-state index in [-0.39, 0.29) is 5.97 Å². The fourth-order valence-corrected chi connectivity index (χ4v) is 1.33. The van der Waals surface area contributed by atoms with Crippen LogP contribution in [-0.2, 0) is 16.1 Å². The molecule has 0 aromatic heterocycles. The number of hydrogen-bond acceptors (Lipinski definition) is 4. The number of rotatable bonds is 2. The van der Waals surface area contributed by atoms with Crippen molar-refractivity contribution >= 4 is 11.7 Å². The Hall–Kier alpha value is -1.55. The molecule has 0 spiro atoms. The van der Waals surface area contributed by atoms with Gasteiger partial charge in [-0.25, -0.2) is 0 Å². The number of aliphatic hydroxyl groups excluding tert-OH is 1. The van der Waals surface area contributed by atoms with Crippen molar-refractivity contribution < 1.29 is 14.6 Å². The van der Waals surface area contributed by atoms with Crippen LogP contribution >= 0.6 is 0 Å². The first-order valence-electron chi connectivity index (χ1n) is 4.94.